The molecule has 1 aromatic rings. The highest BCUT2D eigenvalue weighted by atomic mass is 32.1. The van der Waals surface area contributed by atoms with Crippen molar-refractivity contribution >= 4 is 24.4 Å². The third kappa shape index (κ3) is 5.24. The summed E-state index contributed by atoms with van der Waals surface area (Å²) in [6.45, 7) is 2.69. The second kappa shape index (κ2) is 9.97. The number of likely N-dealkylation sites (N-methyl/N-ethyl adjacent to an activating group) is 1. The van der Waals surface area contributed by atoms with Crippen LogP contribution in [-0.2, 0) is 20.7 Å². The minimum Gasteiger partial charge on any atom is -0.379 e. The molecule has 2 N–H and O–H groups in total. The number of carbonyl (C=O) groups is 2. The quantitative estimate of drug-likeness (QED) is 0.609. The molecule has 0 spiro atoms. The van der Waals surface area contributed by atoms with Crippen molar-refractivity contribution in [1.82, 2.24) is 10.6 Å². The molecule has 6 heteroatoms. The molecular weight excluding hydrogens is 348 g/mol. The molecule has 0 bridgehead atoms. The van der Waals surface area contributed by atoms with Gasteiger partial charge in [-0.1, -0.05) is 30.3 Å². The molecule has 0 saturated heterocycles. The van der Waals surface area contributed by atoms with Gasteiger partial charge in [0.1, 0.15) is 6.04 Å². The topological polar surface area (TPSA) is 67.4 Å². The molecule has 2 rings (SSSR count). The molecule has 1 saturated carbocycles. The number of nitrogens with one attached hydrogen (secondary N) is 2. The van der Waals surface area contributed by atoms with Crippen LogP contribution in [-0.4, -0.2) is 43.4 Å². The van der Waals surface area contributed by atoms with Gasteiger partial charge in [0.15, 0.2) is 0 Å². The number of carbonyl (C=O) groups excluding carboxylic acids is 2. The molecule has 26 heavy (non-hydrogen) atoms. The Balaban J connectivity index is 2.06. The fourth-order valence-electron chi connectivity index (χ4n) is 3.55. The van der Waals surface area contributed by atoms with Gasteiger partial charge in [0.05, 0.1) is 11.5 Å². The third-order valence-corrected chi connectivity index (χ3v) is 5.83. The number of ether oxygens (including phenoxy) is 1. The van der Waals surface area contributed by atoms with Crippen LogP contribution in [0.5, 0.6) is 0 Å². The Morgan fingerprint density at radius 3 is 2.46 bits per heavy atom. The summed E-state index contributed by atoms with van der Waals surface area (Å²) in [5, 5.41) is 5.64. The molecule has 1 fully saturated rings. The molecule has 1 aliphatic carbocycles. The summed E-state index contributed by atoms with van der Waals surface area (Å²) in [6.07, 6.45) is 3.87. The van der Waals surface area contributed by atoms with E-state index in [0.29, 0.717) is 18.8 Å². The van der Waals surface area contributed by atoms with Crippen molar-refractivity contribution in [3.8, 4) is 0 Å². The van der Waals surface area contributed by atoms with Crippen LogP contribution in [0.1, 0.15) is 38.2 Å². The van der Waals surface area contributed by atoms with Crippen LogP contribution in [0.4, 0.5) is 0 Å². The Morgan fingerprint density at radius 1 is 1.27 bits per heavy atom. The number of rotatable bonds is 8. The lowest BCUT2D eigenvalue weighted by Gasteiger charge is -2.38. The van der Waals surface area contributed by atoms with Crippen LogP contribution >= 0.6 is 12.6 Å². The highest BCUT2D eigenvalue weighted by molar-refractivity contribution is 7.80. The lowest BCUT2D eigenvalue weighted by Crippen LogP contribution is -2.53. The maximum Gasteiger partial charge on any atom is 0.242 e. The summed E-state index contributed by atoms with van der Waals surface area (Å²) < 4.78 is 5.70. The van der Waals surface area contributed by atoms with E-state index in [9.17, 15) is 9.59 Å². The summed E-state index contributed by atoms with van der Waals surface area (Å²) in [5.74, 6) is 0.218. The van der Waals surface area contributed by atoms with Crippen molar-refractivity contribution in [3.63, 3.8) is 0 Å². The minimum atomic E-state index is -0.587. The number of benzene rings is 1. The molecular formula is C20H30N2O3S. The largest absolute Gasteiger partial charge is 0.379 e. The molecule has 5 nitrogen and oxygen atoms in total. The van der Waals surface area contributed by atoms with Crippen molar-refractivity contribution < 1.29 is 14.3 Å². The van der Waals surface area contributed by atoms with E-state index in [2.05, 4.69) is 23.3 Å². The van der Waals surface area contributed by atoms with Gasteiger partial charge in [-0.25, -0.2) is 0 Å². The van der Waals surface area contributed by atoms with Crippen molar-refractivity contribution in [2.24, 2.45) is 5.41 Å². The van der Waals surface area contributed by atoms with Crippen molar-refractivity contribution in [2.75, 3.05) is 19.4 Å². The molecule has 0 unspecified atom stereocenters. The first-order valence-electron chi connectivity index (χ1n) is 9.33. The van der Waals surface area contributed by atoms with Gasteiger partial charge >= 0.3 is 0 Å². The van der Waals surface area contributed by atoms with E-state index < -0.39 is 11.5 Å². The van der Waals surface area contributed by atoms with Gasteiger partial charge < -0.3 is 15.4 Å². The highest BCUT2D eigenvalue weighted by Gasteiger charge is 2.42. The normalized spacial score (nSPS) is 23.9. The van der Waals surface area contributed by atoms with Crippen LogP contribution in [0.25, 0.3) is 0 Å². The van der Waals surface area contributed by atoms with Gasteiger partial charge in [-0.2, -0.15) is 12.6 Å². The molecule has 144 valence electrons. The van der Waals surface area contributed by atoms with Crippen LogP contribution < -0.4 is 10.6 Å². The molecule has 2 amide bonds. The molecule has 1 aliphatic rings. The summed E-state index contributed by atoms with van der Waals surface area (Å²) in [5.41, 5.74) is 0.487. The Bertz CT molecular complexity index is 586. The lowest BCUT2D eigenvalue weighted by atomic mass is 9.73. The van der Waals surface area contributed by atoms with Crippen LogP contribution in [0.3, 0.4) is 0 Å². The third-order valence-electron chi connectivity index (χ3n) is 5.23. The van der Waals surface area contributed by atoms with E-state index >= 15 is 0 Å². The fourth-order valence-corrected chi connectivity index (χ4v) is 4.01. The molecule has 0 aliphatic heterocycles. The standard InChI is InChI=1S/C20H30N2O3S/c1-3-25-16-9-11-20(14-26,12-10-16)19(24)22-17(18(23)21-2)13-15-7-5-4-6-8-15/h4-8,16-17,26H,3,9-14H2,1-2H3,(H,21,23)(H,22,24)/t16-,17-,20+/m0/s1. The van der Waals surface area contributed by atoms with Crippen LogP contribution in [0.2, 0.25) is 0 Å². The smallest absolute Gasteiger partial charge is 0.242 e. The van der Waals surface area contributed by atoms with Crippen LogP contribution in [0.15, 0.2) is 30.3 Å². The molecule has 0 heterocycles. The van der Waals surface area contributed by atoms with E-state index in [1.165, 1.54) is 0 Å². The second-order valence-corrected chi connectivity index (χ2v) is 7.24. The van der Waals surface area contributed by atoms with Gasteiger partial charge in [-0.15, -0.1) is 0 Å². The van der Waals surface area contributed by atoms with E-state index in [1.54, 1.807) is 7.05 Å². The Morgan fingerprint density at radius 2 is 1.92 bits per heavy atom. The first-order valence-corrected chi connectivity index (χ1v) is 9.97. The zero-order valence-corrected chi connectivity index (χ0v) is 16.6. The Labute approximate surface area is 161 Å². The first kappa shape index (κ1) is 20.8. The average molecular weight is 379 g/mol. The fraction of sp³-hybridized carbons (Fsp3) is 0.600. The first-order chi connectivity index (χ1) is 12.5. The van der Waals surface area contributed by atoms with E-state index in [-0.39, 0.29) is 17.9 Å². The highest BCUT2D eigenvalue weighted by Crippen LogP contribution is 2.38. The summed E-state index contributed by atoms with van der Waals surface area (Å²) in [7, 11) is 1.59. The van der Waals surface area contributed by atoms with E-state index in [0.717, 1.165) is 31.2 Å². The predicted octanol–water partition coefficient (Wildman–Crippen LogP) is 2.36. The van der Waals surface area contributed by atoms with E-state index in [1.807, 2.05) is 37.3 Å². The van der Waals surface area contributed by atoms with Crippen molar-refractivity contribution in [2.45, 2.75) is 51.2 Å². The Kier molecular flexibility index (Phi) is 7.97. The molecule has 0 aromatic heterocycles. The van der Waals surface area contributed by atoms with Gasteiger partial charge in [-0.05, 0) is 38.2 Å². The maximum absolute atomic E-state index is 13.1. The Hall–Kier alpha value is -1.53. The number of hydrogen-bond donors (Lipinski definition) is 3. The summed E-state index contributed by atoms with van der Waals surface area (Å²) in [6, 6.07) is 9.14. The monoisotopic (exact) mass is 378 g/mol. The number of amides is 2. The zero-order chi connectivity index (χ0) is 19.0. The summed E-state index contributed by atoms with van der Waals surface area (Å²) >= 11 is 4.46. The average Bonchev–Trinajstić information content (AvgIpc) is 2.68. The lowest BCUT2D eigenvalue weighted by molar-refractivity contribution is -0.137. The number of hydrogen-bond acceptors (Lipinski definition) is 4. The minimum absolute atomic E-state index is 0.0769. The molecule has 1 aromatic carbocycles. The van der Waals surface area contributed by atoms with Crippen molar-refractivity contribution in [1.29, 1.82) is 0 Å². The van der Waals surface area contributed by atoms with Gasteiger partial charge in [-0.3, -0.25) is 9.59 Å². The van der Waals surface area contributed by atoms with Crippen LogP contribution in [0, 0.1) is 5.41 Å². The van der Waals surface area contributed by atoms with Gasteiger partial charge in [0.2, 0.25) is 11.8 Å². The summed E-state index contributed by atoms with van der Waals surface area (Å²) in [4.78, 5) is 25.4. The number of thiol groups is 1. The second-order valence-electron chi connectivity index (χ2n) is 6.92. The predicted molar refractivity (Wildman–Crippen MR) is 106 cm³/mol. The zero-order valence-electron chi connectivity index (χ0n) is 15.7. The van der Waals surface area contributed by atoms with Crippen molar-refractivity contribution in [3.05, 3.63) is 35.9 Å². The van der Waals surface area contributed by atoms with E-state index in [4.69, 9.17) is 4.74 Å². The van der Waals surface area contributed by atoms with Gasteiger partial charge in [0.25, 0.3) is 0 Å². The molecule has 0 radical (unpaired) electrons. The molecule has 1 atom stereocenters. The van der Waals surface area contributed by atoms with Gasteiger partial charge in [0, 0.05) is 25.8 Å². The maximum atomic E-state index is 13.1. The SMILES string of the molecule is CCO[C@H]1CC[C@@](CS)(C(=O)N[C@@H](Cc2ccccc2)C(=O)NC)CC1.